The Balaban J connectivity index is 1.30. The zero-order chi connectivity index (χ0) is 20.7. The van der Waals surface area contributed by atoms with Crippen LogP contribution in [0.5, 0.6) is 0 Å². The number of rotatable bonds is 6. The first-order chi connectivity index (χ1) is 14.5. The number of likely N-dealkylation sites (tertiary alicyclic amines) is 1. The molecule has 5 rings (SSSR count). The molecule has 0 aromatic carbocycles. The van der Waals surface area contributed by atoms with Gasteiger partial charge in [-0.25, -0.2) is 0 Å². The summed E-state index contributed by atoms with van der Waals surface area (Å²) in [5.41, 5.74) is 3.91. The highest BCUT2D eigenvalue weighted by atomic mass is 16.5. The number of aromatic nitrogens is 4. The van der Waals surface area contributed by atoms with Crippen LogP contribution in [0.2, 0.25) is 0 Å². The lowest BCUT2D eigenvalue weighted by Gasteiger charge is -2.40. The number of piperidine rings is 1. The van der Waals surface area contributed by atoms with E-state index >= 15 is 0 Å². The third kappa shape index (κ3) is 3.94. The summed E-state index contributed by atoms with van der Waals surface area (Å²) in [6.07, 6.45) is 8.18. The van der Waals surface area contributed by atoms with E-state index < -0.39 is 0 Å². The van der Waals surface area contributed by atoms with Gasteiger partial charge in [0, 0.05) is 49.4 Å². The summed E-state index contributed by atoms with van der Waals surface area (Å²) in [6, 6.07) is 0. The summed E-state index contributed by atoms with van der Waals surface area (Å²) in [5.74, 6) is 3.04. The maximum absolute atomic E-state index is 5.80. The molecule has 30 heavy (non-hydrogen) atoms. The van der Waals surface area contributed by atoms with Crippen LogP contribution in [0.25, 0.3) is 0 Å². The van der Waals surface area contributed by atoms with Crippen molar-refractivity contribution >= 4 is 0 Å². The second-order valence-electron chi connectivity index (χ2n) is 9.82. The summed E-state index contributed by atoms with van der Waals surface area (Å²) < 4.78 is 13.3. The molecular formula is C23H35N5O2. The van der Waals surface area contributed by atoms with Crippen molar-refractivity contribution in [1.82, 2.24) is 24.8 Å². The van der Waals surface area contributed by atoms with E-state index in [4.69, 9.17) is 14.2 Å². The molecule has 0 atom stereocenters. The maximum atomic E-state index is 5.80. The average molecular weight is 414 g/mol. The Morgan fingerprint density at radius 2 is 1.80 bits per heavy atom. The fraction of sp³-hybridized carbons (Fsp3) is 0.783. The molecule has 0 unspecified atom stereocenters. The largest absolute Gasteiger partial charge is 0.381 e. The number of hydrogen-bond donors (Lipinski definition) is 0. The fourth-order valence-corrected chi connectivity index (χ4v) is 5.36. The molecule has 1 saturated carbocycles. The van der Waals surface area contributed by atoms with E-state index in [2.05, 4.69) is 29.0 Å². The van der Waals surface area contributed by atoms with Gasteiger partial charge in [-0.1, -0.05) is 18.0 Å². The van der Waals surface area contributed by atoms with Crippen LogP contribution in [-0.2, 0) is 23.7 Å². The number of hydrogen-bond acceptors (Lipinski definition) is 6. The van der Waals surface area contributed by atoms with E-state index in [1.807, 2.05) is 11.7 Å². The van der Waals surface area contributed by atoms with Crippen molar-refractivity contribution < 1.29 is 9.26 Å². The first-order valence-corrected chi connectivity index (χ1v) is 11.7. The lowest BCUT2D eigenvalue weighted by Crippen LogP contribution is -2.43. The minimum Gasteiger partial charge on any atom is -0.381 e. The van der Waals surface area contributed by atoms with Gasteiger partial charge in [-0.3, -0.25) is 9.58 Å². The van der Waals surface area contributed by atoms with Crippen LogP contribution in [0.15, 0.2) is 4.52 Å². The lowest BCUT2D eigenvalue weighted by molar-refractivity contribution is 0.0778. The van der Waals surface area contributed by atoms with Crippen molar-refractivity contribution in [3.63, 3.8) is 0 Å². The van der Waals surface area contributed by atoms with Gasteiger partial charge in [-0.2, -0.15) is 10.1 Å². The van der Waals surface area contributed by atoms with Gasteiger partial charge in [-0.05, 0) is 65.0 Å². The van der Waals surface area contributed by atoms with E-state index in [0.717, 1.165) is 81.9 Å². The van der Waals surface area contributed by atoms with Gasteiger partial charge in [0.05, 0.1) is 5.69 Å². The van der Waals surface area contributed by atoms with Crippen LogP contribution in [-0.4, -0.2) is 51.1 Å². The van der Waals surface area contributed by atoms with Crippen LogP contribution < -0.4 is 0 Å². The topological polar surface area (TPSA) is 69.2 Å². The van der Waals surface area contributed by atoms with E-state index in [-0.39, 0.29) is 5.41 Å². The molecule has 3 fully saturated rings. The molecule has 2 aromatic rings. The van der Waals surface area contributed by atoms with Gasteiger partial charge >= 0.3 is 0 Å². The summed E-state index contributed by atoms with van der Waals surface area (Å²) in [5, 5.41) is 9.15. The summed E-state index contributed by atoms with van der Waals surface area (Å²) in [7, 11) is 2.04. The predicted molar refractivity (Wildman–Crippen MR) is 113 cm³/mol. The van der Waals surface area contributed by atoms with Crippen molar-refractivity contribution in [2.75, 3.05) is 26.3 Å². The molecule has 4 heterocycles. The first-order valence-electron chi connectivity index (χ1n) is 11.7. The monoisotopic (exact) mass is 413 g/mol. The molecule has 3 aliphatic rings. The zero-order valence-electron chi connectivity index (χ0n) is 18.7. The molecule has 0 amide bonds. The van der Waals surface area contributed by atoms with Crippen LogP contribution in [0, 0.1) is 19.8 Å². The van der Waals surface area contributed by atoms with Gasteiger partial charge in [-0.15, -0.1) is 0 Å². The Hall–Kier alpha value is -1.73. The molecule has 2 aromatic heterocycles. The highest BCUT2D eigenvalue weighted by molar-refractivity contribution is 5.24. The molecular weight excluding hydrogens is 378 g/mol. The van der Waals surface area contributed by atoms with Gasteiger partial charge in [0.15, 0.2) is 5.82 Å². The lowest BCUT2D eigenvalue weighted by atomic mass is 9.73. The Morgan fingerprint density at radius 1 is 1.07 bits per heavy atom. The second-order valence-corrected chi connectivity index (χ2v) is 9.82. The molecule has 0 N–H and O–H groups in total. The van der Waals surface area contributed by atoms with E-state index in [1.54, 1.807) is 0 Å². The summed E-state index contributed by atoms with van der Waals surface area (Å²) >= 11 is 0. The SMILES string of the molecule is Cc1nn(C)c(C)c1CN1CCC(CC2CC2)(c2noc(C3CCOCC3)n2)CC1. The summed E-state index contributed by atoms with van der Waals surface area (Å²) in [4.78, 5) is 7.57. The Kier molecular flexibility index (Phi) is 5.44. The first kappa shape index (κ1) is 20.2. The standard InChI is InChI=1S/C23H35N5O2/c1-16-20(17(2)27(3)25-16)15-28-10-8-23(9-11-28,14-18-4-5-18)22-24-21(30-26-22)19-6-12-29-13-7-19/h18-19H,4-15H2,1-3H3. The molecule has 164 valence electrons. The van der Waals surface area contributed by atoms with E-state index in [1.165, 1.54) is 30.5 Å². The van der Waals surface area contributed by atoms with Gasteiger partial charge in [0.25, 0.3) is 0 Å². The Morgan fingerprint density at radius 3 is 2.43 bits per heavy atom. The average Bonchev–Trinajstić information content (AvgIpc) is 3.36. The van der Waals surface area contributed by atoms with Gasteiger partial charge in [0.1, 0.15) is 0 Å². The normalized spacial score (nSPS) is 23.2. The zero-order valence-corrected chi connectivity index (χ0v) is 18.7. The Bertz CT molecular complexity index is 870. The van der Waals surface area contributed by atoms with E-state index in [9.17, 15) is 0 Å². The van der Waals surface area contributed by atoms with Crippen molar-refractivity contribution in [2.45, 2.75) is 76.7 Å². The molecule has 7 nitrogen and oxygen atoms in total. The highest BCUT2D eigenvalue weighted by Crippen LogP contribution is 2.47. The molecule has 7 heteroatoms. The van der Waals surface area contributed by atoms with E-state index in [0.29, 0.717) is 5.92 Å². The number of aryl methyl sites for hydroxylation is 2. The molecule has 0 spiro atoms. The molecule has 1 aliphatic carbocycles. The molecule has 0 bridgehead atoms. The second kappa shape index (κ2) is 8.08. The summed E-state index contributed by atoms with van der Waals surface area (Å²) in [6.45, 7) is 9.07. The van der Waals surface area contributed by atoms with Crippen LogP contribution >= 0.6 is 0 Å². The van der Waals surface area contributed by atoms with Crippen molar-refractivity contribution in [3.8, 4) is 0 Å². The smallest absolute Gasteiger partial charge is 0.229 e. The quantitative estimate of drug-likeness (QED) is 0.720. The Labute approximate surface area is 179 Å². The van der Waals surface area contributed by atoms with Crippen LogP contribution in [0.4, 0.5) is 0 Å². The minimum absolute atomic E-state index is 0.0869. The molecule has 2 aliphatic heterocycles. The van der Waals surface area contributed by atoms with Gasteiger partial charge in [0.2, 0.25) is 5.89 Å². The van der Waals surface area contributed by atoms with Crippen LogP contribution in [0.1, 0.15) is 79.5 Å². The van der Waals surface area contributed by atoms with Crippen molar-refractivity contribution in [2.24, 2.45) is 13.0 Å². The number of nitrogens with zero attached hydrogens (tertiary/aromatic N) is 5. The number of ether oxygens (including phenoxy) is 1. The molecule has 2 saturated heterocycles. The highest BCUT2D eigenvalue weighted by Gasteiger charge is 2.44. The van der Waals surface area contributed by atoms with Crippen LogP contribution in [0.3, 0.4) is 0 Å². The van der Waals surface area contributed by atoms with Crippen molar-refractivity contribution in [3.05, 3.63) is 28.7 Å². The third-order valence-corrected chi connectivity index (χ3v) is 7.72. The van der Waals surface area contributed by atoms with Crippen molar-refractivity contribution in [1.29, 1.82) is 0 Å². The predicted octanol–water partition coefficient (Wildman–Crippen LogP) is 3.65. The minimum atomic E-state index is 0.0869. The third-order valence-electron chi connectivity index (χ3n) is 7.72. The molecule has 0 radical (unpaired) electrons. The fourth-order valence-electron chi connectivity index (χ4n) is 5.36. The van der Waals surface area contributed by atoms with Gasteiger partial charge < -0.3 is 9.26 Å². The maximum Gasteiger partial charge on any atom is 0.229 e.